The third-order valence-electron chi connectivity index (χ3n) is 9.39. The molecule has 0 saturated carbocycles. The summed E-state index contributed by atoms with van der Waals surface area (Å²) in [6, 6.07) is 69.8. The Morgan fingerprint density at radius 3 is 1.60 bits per heavy atom. The Bertz CT molecular complexity index is 2520. The molecule has 0 aliphatic carbocycles. The van der Waals surface area contributed by atoms with Crippen molar-refractivity contribution in [3.63, 3.8) is 0 Å². The lowest BCUT2D eigenvalue weighted by Crippen LogP contribution is -2.09. The standard InChI is InChI=1S/C46H32N2.C2H6/c1-3-14-37(15-4-1)47(40-29-24-35(25-30-40)42-20-11-13-34-12-7-8-18-41(34)42)39-27-22-33(23-28-39)36-26-31-46-44(32-36)43-19-9-10-21-45(43)48(46)38-16-5-2-6-17-38;1-2/h1-32H;1-2H3. The highest BCUT2D eigenvalue weighted by Crippen LogP contribution is 2.39. The van der Waals surface area contributed by atoms with Crippen molar-refractivity contribution in [1.82, 2.24) is 4.57 Å². The summed E-state index contributed by atoms with van der Waals surface area (Å²) in [6.07, 6.45) is 0. The van der Waals surface area contributed by atoms with E-state index in [1.54, 1.807) is 0 Å². The normalized spacial score (nSPS) is 11.0. The first-order valence-electron chi connectivity index (χ1n) is 17.4. The molecule has 0 aliphatic rings. The SMILES string of the molecule is CC.c1ccc(N(c2ccc(-c3ccc4c(c3)c3ccccc3n4-c3ccccc3)cc2)c2ccc(-c3cccc4ccccc34)cc2)cc1. The van der Waals surface area contributed by atoms with E-state index >= 15 is 0 Å². The first kappa shape index (κ1) is 30.9. The number of benzene rings is 8. The lowest BCUT2D eigenvalue weighted by atomic mass is 9.98. The van der Waals surface area contributed by atoms with Gasteiger partial charge in [0.1, 0.15) is 0 Å². The fourth-order valence-electron chi connectivity index (χ4n) is 7.10. The van der Waals surface area contributed by atoms with Crippen molar-refractivity contribution in [3.8, 4) is 27.9 Å². The lowest BCUT2D eigenvalue weighted by molar-refractivity contribution is 1.18. The smallest absolute Gasteiger partial charge is 0.0541 e. The molecule has 0 unspecified atom stereocenters. The van der Waals surface area contributed by atoms with Crippen LogP contribution in [0.4, 0.5) is 17.1 Å². The highest BCUT2D eigenvalue weighted by Gasteiger charge is 2.15. The predicted molar refractivity (Wildman–Crippen MR) is 215 cm³/mol. The number of para-hydroxylation sites is 3. The molecule has 0 amide bonds. The molecule has 0 radical (unpaired) electrons. The third-order valence-corrected chi connectivity index (χ3v) is 9.39. The van der Waals surface area contributed by atoms with Crippen LogP contribution in [0, 0.1) is 0 Å². The minimum atomic E-state index is 1.12. The van der Waals surface area contributed by atoms with Crippen LogP contribution in [0.25, 0.3) is 60.5 Å². The first-order chi connectivity index (χ1) is 24.8. The van der Waals surface area contributed by atoms with Gasteiger partial charge in [-0.15, -0.1) is 0 Å². The van der Waals surface area contributed by atoms with Gasteiger partial charge in [0.2, 0.25) is 0 Å². The molecule has 0 saturated heterocycles. The quantitative estimate of drug-likeness (QED) is 0.175. The van der Waals surface area contributed by atoms with Crippen molar-refractivity contribution in [1.29, 1.82) is 0 Å². The Balaban J connectivity index is 0.00000177. The maximum absolute atomic E-state index is 2.36. The minimum Gasteiger partial charge on any atom is -0.311 e. The summed E-state index contributed by atoms with van der Waals surface area (Å²) in [7, 11) is 0. The van der Waals surface area contributed by atoms with Gasteiger partial charge in [-0.25, -0.2) is 0 Å². The average molecular weight is 643 g/mol. The highest BCUT2D eigenvalue weighted by atomic mass is 15.1. The molecule has 8 aromatic carbocycles. The van der Waals surface area contributed by atoms with Gasteiger partial charge in [-0.05, 0) is 99.8 Å². The van der Waals surface area contributed by atoms with Crippen LogP contribution in [0.15, 0.2) is 194 Å². The Morgan fingerprint density at radius 1 is 0.360 bits per heavy atom. The summed E-state index contributed by atoms with van der Waals surface area (Å²) in [4.78, 5) is 2.33. The first-order valence-corrected chi connectivity index (χ1v) is 17.4. The van der Waals surface area contributed by atoms with Gasteiger partial charge in [0, 0.05) is 33.5 Å². The number of fused-ring (bicyclic) bond motifs is 4. The van der Waals surface area contributed by atoms with Crippen LogP contribution in [-0.4, -0.2) is 4.57 Å². The highest BCUT2D eigenvalue weighted by molar-refractivity contribution is 6.10. The number of rotatable bonds is 6. The number of anilines is 3. The molecule has 9 aromatic rings. The van der Waals surface area contributed by atoms with Crippen LogP contribution in [0.1, 0.15) is 13.8 Å². The van der Waals surface area contributed by atoms with Gasteiger partial charge < -0.3 is 9.47 Å². The monoisotopic (exact) mass is 642 g/mol. The third kappa shape index (κ3) is 5.61. The summed E-state index contributed by atoms with van der Waals surface area (Å²) in [5, 5.41) is 5.04. The van der Waals surface area contributed by atoms with Gasteiger partial charge in [-0.3, -0.25) is 0 Å². The van der Waals surface area contributed by atoms with Crippen molar-refractivity contribution >= 4 is 49.6 Å². The van der Waals surface area contributed by atoms with Gasteiger partial charge >= 0.3 is 0 Å². The predicted octanol–water partition coefficient (Wildman–Crippen LogP) is 13.8. The van der Waals surface area contributed by atoms with E-state index in [1.165, 1.54) is 60.5 Å². The lowest BCUT2D eigenvalue weighted by Gasteiger charge is -2.26. The summed E-state index contributed by atoms with van der Waals surface area (Å²) >= 11 is 0. The van der Waals surface area contributed by atoms with Crippen LogP contribution in [0.3, 0.4) is 0 Å². The average Bonchev–Trinajstić information content (AvgIpc) is 3.54. The van der Waals surface area contributed by atoms with Crippen LogP contribution in [0.5, 0.6) is 0 Å². The molecule has 0 fully saturated rings. The molecule has 0 N–H and O–H groups in total. The Morgan fingerprint density at radius 2 is 0.880 bits per heavy atom. The molecule has 1 heterocycles. The number of hydrogen-bond acceptors (Lipinski definition) is 1. The summed E-state index contributed by atoms with van der Waals surface area (Å²) < 4.78 is 2.36. The Hall–Kier alpha value is -6.38. The maximum Gasteiger partial charge on any atom is 0.0541 e. The topological polar surface area (TPSA) is 8.17 Å². The fraction of sp³-hybridized carbons (Fsp3) is 0.0417. The number of hydrogen-bond donors (Lipinski definition) is 0. The van der Waals surface area contributed by atoms with Crippen molar-refractivity contribution < 1.29 is 0 Å². The number of nitrogens with zero attached hydrogens (tertiary/aromatic N) is 2. The Labute approximate surface area is 294 Å². The van der Waals surface area contributed by atoms with E-state index in [9.17, 15) is 0 Å². The molecule has 0 aliphatic heterocycles. The zero-order chi connectivity index (χ0) is 33.9. The molecular weight excluding hydrogens is 605 g/mol. The molecule has 2 heteroatoms. The maximum atomic E-state index is 2.36. The van der Waals surface area contributed by atoms with Crippen molar-refractivity contribution in [2.75, 3.05) is 4.90 Å². The minimum absolute atomic E-state index is 1.12. The van der Waals surface area contributed by atoms with Gasteiger partial charge in [0.15, 0.2) is 0 Å². The van der Waals surface area contributed by atoms with Crippen LogP contribution >= 0.6 is 0 Å². The van der Waals surface area contributed by atoms with Crippen molar-refractivity contribution in [3.05, 3.63) is 194 Å². The van der Waals surface area contributed by atoms with Crippen LogP contribution < -0.4 is 4.90 Å². The molecular formula is C48H38N2. The molecule has 0 bridgehead atoms. The van der Waals surface area contributed by atoms with E-state index < -0.39 is 0 Å². The molecule has 240 valence electrons. The van der Waals surface area contributed by atoms with E-state index in [0.717, 1.165) is 17.1 Å². The van der Waals surface area contributed by atoms with Crippen LogP contribution in [-0.2, 0) is 0 Å². The Kier molecular flexibility index (Phi) is 8.42. The second-order valence-electron chi connectivity index (χ2n) is 12.2. The molecule has 0 atom stereocenters. The summed E-state index contributed by atoms with van der Waals surface area (Å²) in [5.41, 5.74) is 11.8. The fourth-order valence-corrected chi connectivity index (χ4v) is 7.10. The van der Waals surface area contributed by atoms with E-state index in [1.807, 2.05) is 13.8 Å². The summed E-state index contributed by atoms with van der Waals surface area (Å²) in [5.74, 6) is 0. The van der Waals surface area contributed by atoms with Crippen molar-refractivity contribution in [2.45, 2.75) is 13.8 Å². The van der Waals surface area contributed by atoms with E-state index in [0.29, 0.717) is 0 Å². The molecule has 9 rings (SSSR count). The van der Waals surface area contributed by atoms with Gasteiger partial charge in [-0.1, -0.05) is 141 Å². The van der Waals surface area contributed by atoms with Gasteiger partial charge in [0.05, 0.1) is 11.0 Å². The van der Waals surface area contributed by atoms with Gasteiger partial charge in [-0.2, -0.15) is 0 Å². The zero-order valence-electron chi connectivity index (χ0n) is 28.4. The zero-order valence-corrected chi connectivity index (χ0v) is 28.4. The number of aromatic nitrogens is 1. The molecule has 2 nitrogen and oxygen atoms in total. The van der Waals surface area contributed by atoms with Gasteiger partial charge in [0.25, 0.3) is 0 Å². The molecule has 50 heavy (non-hydrogen) atoms. The largest absolute Gasteiger partial charge is 0.311 e. The second-order valence-corrected chi connectivity index (χ2v) is 12.2. The summed E-state index contributed by atoms with van der Waals surface area (Å²) in [6.45, 7) is 4.00. The van der Waals surface area contributed by atoms with Crippen molar-refractivity contribution in [2.24, 2.45) is 0 Å². The molecule has 1 aromatic heterocycles. The van der Waals surface area contributed by atoms with E-state index in [2.05, 4.69) is 204 Å². The molecule has 0 spiro atoms. The van der Waals surface area contributed by atoms with Crippen LogP contribution in [0.2, 0.25) is 0 Å². The van der Waals surface area contributed by atoms with E-state index in [-0.39, 0.29) is 0 Å². The second kappa shape index (κ2) is 13.6. The van der Waals surface area contributed by atoms with E-state index in [4.69, 9.17) is 0 Å².